The molecule has 1 amide bonds. The Kier molecular flexibility index (Phi) is 4.17. The zero-order valence-electron chi connectivity index (χ0n) is 13.4. The summed E-state index contributed by atoms with van der Waals surface area (Å²) >= 11 is 0. The number of carbonyl (C=O) groups excluding carboxylic acids is 1. The summed E-state index contributed by atoms with van der Waals surface area (Å²) in [7, 11) is 0. The van der Waals surface area contributed by atoms with Gasteiger partial charge in [0.05, 0.1) is 22.6 Å². The van der Waals surface area contributed by atoms with Gasteiger partial charge in [-0.15, -0.1) is 0 Å². The van der Waals surface area contributed by atoms with Crippen LogP contribution in [0.5, 0.6) is 0 Å². The van der Waals surface area contributed by atoms with Gasteiger partial charge < -0.3 is 10.6 Å². The van der Waals surface area contributed by atoms with Crippen molar-refractivity contribution in [2.45, 2.75) is 32.7 Å². The minimum absolute atomic E-state index is 0.0245. The quantitative estimate of drug-likeness (QED) is 0.924. The van der Waals surface area contributed by atoms with E-state index in [1.165, 1.54) is 12.1 Å². The molecule has 1 aromatic heterocycles. The van der Waals surface area contributed by atoms with E-state index in [1.807, 2.05) is 13.8 Å². The van der Waals surface area contributed by atoms with Gasteiger partial charge in [-0.2, -0.15) is 5.10 Å². The highest BCUT2D eigenvalue weighted by atomic mass is 19.1. The molecule has 0 spiro atoms. The third-order valence-electron chi connectivity index (χ3n) is 4.32. The molecular formula is C17H21FN4O. The summed E-state index contributed by atoms with van der Waals surface area (Å²) in [6, 6.07) is 6.12. The molecule has 2 N–H and O–H groups in total. The fourth-order valence-corrected chi connectivity index (χ4v) is 3.14. The largest absolute Gasteiger partial charge is 0.337 e. The van der Waals surface area contributed by atoms with Gasteiger partial charge in [-0.1, -0.05) is 0 Å². The fraction of sp³-hybridized carbons (Fsp3) is 0.412. The van der Waals surface area contributed by atoms with E-state index in [-0.39, 0.29) is 17.8 Å². The molecule has 2 heterocycles. The van der Waals surface area contributed by atoms with E-state index in [9.17, 15) is 9.18 Å². The molecule has 1 saturated heterocycles. The van der Waals surface area contributed by atoms with Crippen molar-refractivity contribution in [3.63, 3.8) is 0 Å². The van der Waals surface area contributed by atoms with Crippen molar-refractivity contribution in [1.29, 1.82) is 0 Å². The Bertz CT molecular complexity index is 723. The van der Waals surface area contributed by atoms with Gasteiger partial charge in [0.1, 0.15) is 5.82 Å². The minimum Gasteiger partial charge on any atom is -0.337 e. The molecule has 6 heteroatoms. The molecule has 3 rings (SSSR count). The van der Waals surface area contributed by atoms with Crippen molar-refractivity contribution in [3.05, 3.63) is 47.0 Å². The van der Waals surface area contributed by atoms with E-state index in [2.05, 4.69) is 5.10 Å². The molecule has 2 aromatic rings. The van der Waals surface area contributed by atoms with E-state index in [0.717, 1.165) is 30.8 Å². The lowest BCUT2D eigenvalue weighted by atomic mass is 10.0. The van der Waals surface area contributed by atoms with Crippen LogP contribution in [0.4, 0.5) is 4.39 Å². The Labute approximate surface area is 134 Å². The summed E-state index contributed by atoms with van der Waals surface area (Å²) in [4.78, 5) is 14.6. The lowest BCUT2D eigenvalue weighted by Gasteiger charge is -2.30. The Morgan fingerprint density at radius 1 is 1.30 bits per heavy atom. The SMILES string of the molecule is Cc1nn(-c2ccc(F)cc2)c(C)c1C(=O)N1CCCC(N)C1. The number of aromatic nitrogens is 2. The van der Waals surface area contributed by atoms with Gasteiger partial charge in [0.25, 0.3) is 5.91 Å². The number of nitrogens with zero attached hydrogens (tertiary/aromatic N) is 3. The molecule has 0 radical (unpaired) electrons. The summed E-state index contributed by atoms with van der Waals surface area (Å²) in [6.07, 6.45) is 1.88. The Morgan fingerprint density at radius 3 is 2.65 bits per heavy atom. The van der Waals surface area contributed by atoms with Crippen molar-refractivity contribution >= 4 is 5.91 Å². The van der Waals surface area contributed by atoms with E-state index in [4.69, 9.17) is 5.73 Å². The summed E-state index contributed by atoms with van der Waals surface area (Å²) in [5.41, 5.74) is 8.77. The number of carbonyl (C=O) groups is 1. The Morgan fingerprint density at radius 2 is 2.00 bits per heavy atom. The maximum Gasteiger partial charge on any atom is 0.257 e. The summed E-state index contributed by atoms with van der Waals surface area (Å²) in [5.74, 6) is -0.322. The van der Waals surface area contributed by atoms with Crippen LogP contribution in [0.15, 0.2) is 24.3 Å². The van der Waals surface area contributed by atoms with Gasteiger partial charge in [0.2, 0.25) is 0 Å². The van der Waals surface area contributed by atoms with Gasteiger partial charge in [0.15, 0.2) is 0 Å². The first-order chi connectivity index (χ1) is 11.0. The van der Waals surface area contributed by atoms with Crippen LogP contribution in [-0.4, -0.2) is 39.7 Å². The van der Waals surface area contributed by atoms with Crippen LogP contribution in [0, 0.1) is 19.7 Å². The molecule has 0 bridgehead atoms. The van der Waals surface area contributed by atoms with Crippen molar-refractivity contribution in [2.24, 2.45) is 5.73 Å². The maximum absolute atomic E-state index is 13.1. The highest BCUT2D eigenvalue weighted by molar-refractivity contribution is 5.96. The number of nitrogens with two attached hydrogens (primary N) is 1. The molecule has 1 unspecified atom stereocenters. The van der Waals surface area contributed by atoms with Crippen LogP contribution in [0.2, 0.25) is 0 Å². The molecule has 0 aliphatic carbocycles. The third kappa shape index (κ3) is 2.99. The molecular weight excluding hydrogens is 295 g/mol. The van der Waals surface area contributed by atoms with Crippen LogP contribution >= 0.6 is 0 Å². The van der Waals surface area contributed by atoms with Crippen molar-refractivity contribution in [2.75, 3.05) is 13.1 Å². The van der Waals surface area contributed by atoms with E-state index < -0.39 is 0 Å². The molecule has 23 heavy (non-hydrogen) atoms. The van der Waals surface area contributed by atoms with Gasteiger partial charge >= 0.3 is 0 Å². The first-order valence-electron chi connectivity index (χ1n) is 7.84. The van der Waals surface area contributed by atoms with Gasteiger partial charge in [0, 0.05) is 19.1 Å². The second kappa shape index (κ2) is 6.12. The number of amides is 1. The molecule has 0 saturated carbocycles. The number of benzene rings is 1. The fourth-order valence-electron chi connectivity index (χ4n) is 3.14. The standard InChI is InChI=1S/C17H21FN4O/c1-11-16(17(23)21-9-3-4-14(19)10-21)12(2)22(20-11)15-7-5-13(18)6-8-15/h5-8,14H,3-4,9-10,19H2,1-2H3. The summed E-state index contributed by atoms with van der Waals surface area (Å²) in [5, 5.41) is 4.46. The molecule has 1 aliphatic heterocycles. The van der Waals surface area contributed by atoms with E-state index in [0.29, 0.717) is 17.8 Å². The lowest BCUT2D eigenvalue weighted by molar-refractivity contribution is 0.0707. The van der Waals surface area contributed by atoms with Crippen molar-refractivity contribution in [3.8, 4) is 5.69 Å². The number of aryl methyl sites for hydroxylation is 1. The monoisotopic (exact) mass is 316 g/mol. The first kappa shape index (κ1) is 15.7. The zero-order valence-corrected chi connectivity index (χ0v) is 13.4. The highest BCUT2D eigenvalue weighted by Crippen LogP contribution is 2.21. The molecule has 1 aromatic carbocycles. The van der Waals surface area contributed by atoms with Gasteiger partial charge in [-0.3, -0.25) is 4.79 Å². The Hall–Kier alpha value is -2.21. The molecule has 1 fully saturated rings. The topological polar surface area (TPSA) is 64.2 Å². The second-order valence-corrected chi connectivity index (χ2v) is 6.09. The zero-order chi connectivity index (χ0) is 16.6. The minimum atomic E-state index is -0.297. The smallest absolute Gasteiger partial charge is 0.257 e. The van der Waals surface area contributed by atoms with Gasteiger partial charge in [-0.05, 0) is 51.0 Å². The normalized spacial score (nSPS) is 18.3. The predicted molar refractivity (Wildman–Crippen MR) is 86.1 cm³/mol. The Balaban J connectivity index is 1.94. The average molecular weight is 316 g/mol. The second-order valence-electron chi connectivity index (χ2n) is 6.09. The summed E-state index contributed by atoms with van der Waals surface area (Å²) < 4.78 is 14.8. The van der Waals surface area contributed by atoms with Crippen LogP contribution in [0.25, 0.3) is 5.69 Å². The van der Waals surface area contributed by atoms with Crippen LogP contribution in [0.3, 0.4) is 0 Å². The highest BCUT2D eigenvalue weighted by Gasteiger charge is 2.27. The number of piperidine rings is 1. The molecule has 1 atom stereocenters. The molecule has 5 nitrogen and oxygen atoms in total. The third-order valence-corrected chi connectivity index (χ3v) is 4.32. The van der Waals surface area contributed by atoms with Crippen LogP contribution < -0.4 is 5.73 Å². The lowest BCUT2D eigenvalue weighted by Crippen LogP contribution is -2.46. The number of likely N-dealkylation sites (tertiary alicyclic amines) is 1. The van der Waals surface area contributed by atoms with Crippen molar-refractivity contribution in [1.82, 2.24) is 14.7 Å². The van der Waals surface area contributed by atoms with Crippen LogP contribution in [0.1, 0.15) is 34.6 Å². The average Bonchev–Trinajstić information content (AvgIpc) is 2.82. The maximum atomic E-state index is 13.1. The van der Waals surface area contributed by atoms with E-state index in [1.54, 1.807) is 21.7 Å². The van der Waals surface area contributed by atoms with Crippen molar-refractivity contribution < 1.29 is 9.18 Å². The number of hydrogen-bond donors (Lipinski definition) is 1. The number of hydrogen-bond acceptors (Lipinski definition) is 3. The van der Waals surface area contributed by atoms with E-state index >= 15 is 0 Å². The van der Waals surface area contributed by atoms with Gasteiger partial charge in [-0.25, -0.2) is 9.07 Å². The van der Waals surface area contributed by atoms with Crippen LogP contribution in [-0.2, 0) is 0 Å². The summed E-state index contributed by atoms with van der Waals surface area (Å²) in [6.45, 7) is 5.00. The molecule has 122 valence electrons. The predicted octanol–water partition coefficient (Wildman–Crippen LogP) is 2.19. The first-order valence-corrected chi connectivity index (χ1v) is 7.84. The molecule has 1 aliphatic rings. The number of rotatable bonds is 2. The number of halogens is 1.